The highest BCUT2D eigenvalue weighted by Crippen LogP contribution is 2.11. The monoisotopic (exact) mass is 306 g/mol. The number of rotatable bonds is 6. The van der Waals surface area contributed by atoms with E-state index in [1.54, 1.807) is 18.9 Å². The third-order valence-corrected chi connectivity index (χ3v) is 4.97. The molecule has 1 heterocycles. The molecule has 0 aromatic carbocycles. The summed E-state index contributed by atoms with van der Waals surface area (Å²) >= 11 is 0. The lowest BCUT2D eigenvalue weighted by Crippen LogP contribution is -2.43. The maximum absolute atomic E-state index is 11.8. The molecular formula is C12H22N2O5S. The van der Waals surface area contributed by atoms with Gasteiger partial charge in [-0.2, -0.15) is 0 Å². The summed E-state index contributed by atoms with van der Waals surface area (Å²) in [6.07, 6.45) is 0.469. The Hall–Kier alpha value is -1.15. The first-order valence-corrected chi connectivity index (χ1v) is 8.32. The first-order valence-electron chi connectivity index (χ1n) is 6.49. The Morgan fingerprint density at radius 1 is 1.45 bits per heavy atom. The minimum Gasteiger partial charge on any atom is -0.469 e. The zero-order valence-electron chi connectivity index (χ0n) is 12.1. The summed E-state index contributed by atoms with van der Waals surface area (Å²) in [6, 6.07) is -0.293. The molecule has 0 spiro atoms. The van der Waals surface area contributed by atoms with E-state index in [1.807, 2.05) is 0 Å². The Bertz CT molecular complexity index is 462. The van der Waals surface area contributed by atoms with Gasteiger partial charge in [0, 0.05) is 12.6 Å². The van der Waals surface area contributed by atoms with Crippen molar-refractivity contribution in [2.24, 2.45) is 5.92 Å². The first-order chi connectivity index (χ1) is 9.23. The van der Waals surface area contributed by atoms with E-state index in [-0.39, 0.29) is 41.9 Å². The van der Waals surface area contributed by atoms with E-state index < -0.39 is 9.84 Å². The fraction of sp³-hybridized carbons (Fsp3) is 0.833. The van der Waals surface area contributed by atoms with Gasteiger partial charge in [-0.15, -0.1) is 0 Å². The van der Waals surface area contributed by atoms with Gasteiger partial charge in [0.2, 0.25) is 5.91 Å². The molecule has 1 N–H and O–H groups in total. The van der Waals surface area contributed by atoms with Crippen molar-refractivity contribution in [1.82, 2.24) is 10.2 Å². The first kappa shape index (κ1) is 16.9. The molecule has 2 unspecified atom stereocenters. The smallest absolute Gasteiger partial charge is 0.309 e. The molecule has 0 radical (unpaired) electrons. The minimum atomic E-state index is -2.99. The summed E-state index contributed by atoms with van der Waals surface area (Å²) in [5.41, 5.74) is 0. The second kappa shape index (κ2) is 7.03. The van der Waals surface area contributed by atoms with E-state index in [9.17, 15) is 18.0 Å². The Balaban J connectivity index is 2.33. The van der Waals surface area contributed by atoms with Gasteiger partial charge < -0.3 is 10.1 Å². The summed E-state index contributed by atoms with van der Waals surface area (Å²) in [6.45, 7) is 2.25. The van der Waals surface area contributed by atoms with Crippen molar-refractivity contribution in [3.05, 3.63) is 0 Å². The second-order valence-corrected chi connectivity index (χ2v) is 7.52. The van der Waals surface area contributed by atoms with E-state index in [1.165, 1.54) is 7.11 Å². The molecule has 0 saturated carbocycles. The van der Waals surface area contributed by atoms with Gasteiger partial charge in [0.25, 0.3) is 0 Å². The molecular weight excluding hydrogens is 284 g/mol. The second-order valence-electron chi connectivity index (χ2n) is 5.29. The number of ether oxygens (including phenoxy) is 1. The SMILES string of the molecule is COC(=O)C(C)CN(C)CC(=O)NC1CCS(=O)(=O)C1. The molecule has 20 heavy (non-hydrogen) atoms. The maximum Gasteiger partial charge on any atom is 0.309 e. The number of sulfone groups is 1. The van der Waals surface area contributed by atoms with Gasteiger partial charge in [-0.25, -0.2) is 8.42 Å². The van der Waals surface area contributed by atoms with Gasteiger partial charge in [0.15, 0.2) is 9.84 Å². The Morgan fingerprint density at radius 3 is 2.60 bits per heavy atom. The third kappa shape index (κ3) is 5.46. The van der Waals surface area contributed by atoms with Crippen molar-refractivity contribution in [3.63, 3.8) is 0 Å². The predicted molar refractivity (Wildman–Crippen MR) is 73.9 cm³/mol. The van der Waals surface area contributed by atoms with Crippen molar-refractivity contribution in [1.29, 1.82) is 0 Å². The number of nitrogens with one attached hydrogen (secondary N) is 1. The molecule has 0 aliphatic carbocycles. The van der Waals surface area contributed by atoms with Crippen molar-refractivity contribution in [3.8, 4) is 0 Å². The number of likely N-dealkylation sites (N-methyl/N-ethyl adjacent to an activating group) is 1. The lowest BCUT2D eigenvalue weighted by molar-refractivity contribution is -0.145. The van der Waals surface area contributed by atoms with Crippen LogP contribution in [0.5, 0.6) is 0 Å². The van der Waals surface area contributed by atoms with Crippen LogP contribution in [0.4, 0.5) is 0 Å². The third-order valence-electron chi connectivity index (χ3n) is 3.20. The maximum atomic E-state index is 11.8. The lowest BCUT2D eigenvalue weighted by Gasteiger charge is -2.20. The molecule has 116 valence electrons. The number of nitrogens with zero attached hydrogens (tertiary/aromatic N) is 1. The van der Waals surface area contributed by atoms with Crippen molar-refractivity contribution < 1.29 is 22.7 Å². The number of carbonyl (C=O) groups is 2. The molecule has 1 amide bonds. The highest BCUT2D eigenvalue weighted by molar-refractivity contribution is 7.91. The standard InChI is InChI=1S/C12H22N2O5S/c1-9(12(16)19-3)6-14(2)7-11(15)13-10-4-5-20(17,18)8-10/h9-10H,4-8H2,1-3H3,(H,13,15). The largest absolute Gasteiger partial charge is 0.469 e. The van der Waals surface area contributed by atoms with Crippen LogP contribution in [0.1, 0.15) is 13.3 Å². The molecule has 1 rings (SSSR count). The van der Waals surface area contributed by atoms with E-state index in [4.69, 9.17) is 0 Å². The van der Waals surface area contributed by atoms with Gasteiger partial charge in [0.1, 0.15) is 0 Å². The molecule has 1 fully saturated rings. The number of hydrogen-bond donors (Lipinski definition) is 1. The van der Waals surface area contributed by atoms with Gasteiger partial charge in [-0.1, -0.05) is 6.92 Å². The number of carbonyl (C=O) groups excluding carboxylic acids is 2. The summed E-state index contributed by atoms with van der Waals surface area (Å²) < 4.78 is 27.2. The number of esters is 1. The molecule has 0 aromatic rings. The minimum absolute atomic E-state index is 0.0149. The predicted octanol–water partition coefficient (Wildman–Crippen LogP) is -0.969. The van der Waals surface area contributed by atoms with Crippen LogP contribution in [0.15, 0.2) is 0 Å². The summed E-state index contributed by atoms with van der Waals surface area (Å²) in [7, 11) is 0.0594. The van der Waals surface area contributed by atoms with E-state index in [2.05, 4.69) is 10.1 Å². The molecule has 0 aromatic heterocycles. The lowest BCUT2D eigenvalue weighted by atomic mass is 10.2. The summed E-state index contributed by atoms with van der Waals surface area (Å²) in [5, 5.41) is 2.71. The van der Waals surface area contributed by atoms with Crippen LogP contribution in [0, 0.1) is 5.92 Å². The van der Waals surface area contributed by atoms with Crippen LogP contribution >= 0.6 is 0 Å². The Labute approximate surface area is 119 Å². The number of methoxy groups -OCH3 is 1. The molecule has 0 bridgehead atoms. The topological polar surface area (TPSA) is 92.8 Å². The highest BCUT2D eigenvalue weighted by Gasteiger charge is 2.29. The average Bonchev–Trinajstić information content (AvgIpc) is 2.66. The van der Waals surface area contributed by atoms with Crippen LogP contribution < -0.4 is 5.32 Å². The van der Waals surface area contributed by atoms with E-state index in [0.29, 0.717) is 13.0 Å². The molecule has 2 atom stereocenters. The van der Waals surface area contributed by atoms with Crippen LogP contribution in [-0.4, -0.2) is 70.0 Å². The molecule has 1 aliphatic rings. The average molecular weight is 306 g/mol. The summed E-state index contributed by atoms with van der Waals surface area (Å²) in [4.78, 5) is 24.8. The van der Waals surface area contributed by atoms with E-state index in [0.717, 1.165) is 0 Å². The zero-order valence-corrected chi connectivity index (χ0v) is 12.9. The Morgan fingerprint density at radius 2 is 2.10 bits per heavy atom. The van der Waals surface area contributed by atoms with Crippen LogP contribution in [-0.2, 0) is 24.2 Å². The molecule has 8 heteroatoms. The molecule has 7 nitrogen and oxygen atoms in total. The number of hydrogen-bond acceptors (Lipinski definition) is 6. The van der Waals surface area contributed by atoms with Crippen molar-refractivity contribution >= 4 is 21.7 Å². The van der Waals surface area contributed by atoms with Crippen molar-refractivity contribution in [2.45, 2.75) is 19.4 Å². The summed E-state index contributed by atoms with van der Waals surface area (Å²) in [5.74, 6) is -0.718. The number of amides is 1. The van der Waals surface area contributed by atoms with Crippen molar-refractivity contribution in [2.75, 3.05) is 38.8 Å². The normalized spacial score (nSPS) is 22.5. The quantitative estimate of drug-likeness (QED) is 0.635. The van der Waals surface area contributed by atoms with E-state index >= 15 is 0 Å². The molecule has 1 aliphatic heterocycles. The van der Waals surface area contributed by atoms with Gasteiger partial charge in [-0.05, 0) is 13.5 Å². The zero-order chi connectivity index (χ0) is 15.3. The van der Waals surface area contributed by atoms with Gasteiger partial charge in [-0.3, -0.25) is 14.5 Å². The van der Waals surface area contributed by atoms with Crippen LogP contribution in [0.2, 0.25) is 0 Å². The van der Waals surface area contributed by atoms with Gasteiger partial charge in [0.05, 0.1) is 31.1 Å². The fourth-order valence-electron chi connectivity index (χ4n) is 2.24. The van der Waals surface area contributed by atoms with Gasteiger partial charge >= 0.3 is 5.97 Å². The van der Waals surface area contributed by atoms with Crippen LogP contribution in [0.3, 0.4) is 0 Å². The Kier molecular flexibility index (Phi) is 5.94. The van der Waals surface area contributed by atoms with Crippen LogP contribution in [0.25, 0.3) is 0 Å². The highest BCUT2D eigenvalue weighted by atomic mass is 32.2. The molecule has 1 saturated heterocycles. The fourth-order valence-corrected chi connectivity index (χ4v) is 3.91.